The lowest BCUT2D eigenvalue weighted by molar-refractivity contribution is -0.385. The van der Waals surface area contributed by atoms with Crippen LogP contribution in [0.4, 0.5) is 5.69 Å². The topological polar surface area (TPSA) is 56.0 Å². The Labute approximate surface area is 102 Å². The van der Waals surface area contributed by atoms with Gasteiger partial charge >= 0.3 is 0 Å². The van der Waals surface area contributed by atoms with E-state index in [0.717, 1.165) is 18.5 Å². The van der Waals surface area contributed by atoms with Crippen molar-refractivity contribution >= 4 is 5.69 Å². The largest absolute Gasteiger partial charge is 0.287 e. The van der Waals surface area contributed by atoms with Crippen LogP contribution in [-0.4, -0.2) is 9.91 Å². The van der Waals surface area contributed by atoms with E-state index < -0.39 is 4.92 Å². The molecule has 1 aromatic rings. The van der Waals surface area contributed by atoms with Gasteiger partial charge in [-0.05, 0) is 18.9 Å². The van der Waals surface area contributed by atoms with Crippen LogP contribution in [0.2, 0.25) is 0 Å². The fourth-order valence-electron chi connectivity index (χ4n) is 1.76. The highest BCUT2D eigenvalue weighted by Crippen LogP contribution is 2.12. The van der Waals surface area contributed by atoms with Crippen LogP contribution in [0.1, 0.15) is 51.1 Å². The minimum absolute atomic E-state index is 0.0664. The molecule has 0 spiro atoms. The Bertz CT molecular complexity index is 336. The average molecular weight is 236 g/mol. The van der Waals surface area contributed by atoms with Crippen molar-refractivity contribution in [1.29, 1.82) is 0 Å². The number of pyridine rings is 1. The number of rotatable bonds is 8. The van der Waals surface area contributed by atoms with E-state index in [1.807, 2.05) is 0 Å². The van der Waals surface area contributed by atoms with Crippen LogP contribution in [0.25, 0.3) is 0 Å². The van der Waals surface area contributed by atoms with Crippen molar-refractivity contribution in [3.05, 3.63) is 34.1 Å². The van der Waals surface area contributed by atoms with Crippen molar-refractivity contribution in [2.75, 3.05) is 0 Å². The van der Waals surface area contributed by atoms with E-state index in [1.54, 1.807) is 6.07 Å². The first-order chi connectivity index (χ1) is 8.24. The second-order valence-electron chi connectivity index (χ2n) is 4.28. The van der Waals surface area contributed by atoms with Gasteiger partial charge in [0.1, 0.15) is 6.20 Å². The molecule has 17 heavy (non-hydrogen) atoms. The predicted octanol–water partition coefficient (Wildman–Crippen LogP) is 3.89. The van der Waals surface area contributed by atoms with Crippen LogP contribution in [-0.2, 0) is 6.42 Å². The molecule has 1 heterocycles. The number of aromatic nitrogens is 1. The maximum atomic E-state index is 10.4. The van der Waals surface area contributed by atoms with Gasteiger partial charge in [0.15, 0.2) is 0 Å². The maximum Gasteiger partial charge on any atom is 0.287 e. The third kappa shape index (κ3) is 5.43. The highest BCUT2D eigenvalue weighted by molar-refractivity contribution is 5.26. The molecule has 0 saturated heterocycles. The summed E-state index contributed by atoms with van der Waals surface area (Å²) in [6, 6.07) is 3.28. The summed E-state index contributed by atoms with van der Waals surface area (Å²) < 4.78 is 0. The van der Waals surface area contributed by atoms with E-state index in [4.69, 9.17) is 0 Å². The average Bonchev–Trinajstić information content (AvgIpc) is 2.34. The predicted molar refractivity (Wildman–Crippen MR) is 68.0 cm³/mol. The number of nitro groups is 1. The minimum atomic E-state index is -0.415. The number of nitrogens with zero attached hydrogens (tertiary/aromatic N) is 2. The van der Waals surface area contributed by atoms with Gasteiger partial charge in [-0.1, -0.05) is 39.0 Å². The van der Waals surface area contributed by atoms with E-state index in [9.17, 15) is 10.1 Å². The number of hydrogen-bond donors (Lipinski definition) is 0. The standard InChI is InChI=1S/C13H20N2O2/c1-2-3-4-5-6-7-8-12-9-10-13(11-14-12)15(16)17/h9-11H,2-8H2,1H3. The van der Waals surface area contributed by atoms with E-state index in [1.165, 1.54) is 44.4 Å². The summed E-state index contributed by atoms with van der Waals surface area (Å²) in [5.41, 5.74) is 1.02. The molecule has 0 aromatic carbocycles. The van der Waals surface area contributed by atoms with Gasteiger partial charge in [-0.3, -0.25) is 15.1 Å². The molecule has 0 amide bonds. The first-order valence-electron chi connectivity index (χ1n) is 6.33. The van der Waals surface area contributed by atoms with Gasteiger partial charge in [0, 0.05) is 11.8 Å². The third-order valence-corrected chi connectivity index (χ3v) is 2.81. The first-order valence-corrected chi connectivity index (χ1v) is 6.33. The molecule has 0 N–H and O–H groups in total. The van der Waals surface area contributed by atoms with Gasteiger partial charge in [0.25, 0.3) is 5.69 Å². The lowest BCUT2D eigenvalue weighted by Gasteiger charge is -2.01. The summed E-state index contributed by atoms with van der Waals surface area (Å²) in [5.74, 6) is 0. The molecule has 1 rings (SSSR count). The summed E-state index contributed by atoms with van der Waals surface area (Å²) in [5, 5.41) is 10.4. The van der Waals surface area contributed by atoms with Gasteiger partial charge in [0.05, 0.1) is 4.92 Å². The molecule has 1 aromatic heterocycles. The monoisotopic (exact) mass is 236 g/mol. The second-order valence-corrected chi connectivity index (χ2v) is 4.28. The van der Waals surface area contributed by atoms with E-state index in [-0.39, 0.29) is 5.69 Å². The second kappa shape index (κ2) is 7.76. The number of unbranched alkanes of at least 4 members (excludes halogenated alkanes) is 5. The summed E-state index contributed by atoms with van der Waals surface area (Å²) in [7, 11) is 0. The Balaban J connectivity index is 2.21. The Morgan fingerprint density at radius 1 is 1.18 bits per heavy atom. The van der Waals surface area contributed by atoms with Gasteiger partial charge < -0.3 is 0 Å². The number of hydrogen-bond acceptors (Lipinski definition) is 3. The first kappa shape index (κ1) is 13.6. The van der Waals surface area contributed by atoms with Crippen LogP contribution >= 0.6 is 0 Å². The molecule has 0 aliphatic carbocycles. The van der Waals surface area contributed by atoms with Crippen molar-refractivity contribution in [2.24, 2.45) is 0 Å². The number of aryl methyl sites for hydroxylation is 1. The van der Waals surface area contributed by atoms with Crippen LogP contribution in [0.3, 0.4) is 0 Å². The molecule has 0 unspecified atom stereocenters. The highest BCUT2D eigenvalue weighted by Gasteiger charge is 2.04. The zero-order valence-corrected chi connectivity index (χ0v) is 10.4. The van der Waals surface area contributed by atoms with Crippen molar-refractivity contribution in [3.63, 3.8) is 0 Å². The Kier molecular flexibility index (Phi) is 6.22. The molecule has 0 bridgehead atoms. The fourth-order valence-corrected chi connectivity index (χ4v) is 1.76. The molecule has 0 fully saturated rings. The van der Waals surface area contributed by atoms with E-state index in [0.29, 0.717) is 0 Å². The zero-order valence-electron chi connectivity index (χ0n) is 10.4. The Hall–Kier alpha value is -1.45. The summed E-state index contributed by atoms with van der Waals surface area (Å²) >= 11 is 0. The van der Waals surface area contributed by atoms with Crippen molar-refractivity contribution in [2.45, 2.75) is 51.9 Å². The van der Waals surface area contributed by atoms with Crippen LogP contribution < -0.4 is 0 Å². The normalized spacial score (nSPS) is 10.4. The SMILES string of the molecule is CCCCCCCCc1ccc([N+](=O)[O-])cn1. The fraction of sp³-hybridized carbons (Fsp3) is 0.615. The molecule has 0 atom stereocenters. The molecular weight excluding hydrogens is 216 g/mol. The van der Waals surface area contributed by atoms with Crippen molar-refractivity contribution < 1.29 is 4.92 Å². The smallest absolute Gasteiger partial charge is 0.258 e. The summed E-state index contributed by atoms with van der Waals surface area (Å²) in [4.78, 5) is 14.1. The lowest BCUT2D eigenvalue weighted by atomic mass is 10.1. The molecule has 0 saturated carbocycles. The molecule has 4 heteroatoms. The highest BCUT2D eigenvalue weighted by atomic mass is 16.6. The summed E-state index contributed by atoms with van der Waals surface area (Å²) in [6.45, 7) is 2.21. The molecule has 0 aliphatic heterocycles. The van der Waals surface area contributed by atoms with Crippen molar-refractivity contribution in [3.8, 4) is 0 Å². The van der Waals surface area contributed by atoms with Gasteiger partial charge in [0.2, 0.25) is 0 Å². The van der Waals surface area contributed by atoms with Crippen LogP contribution in [0, 0.1) is 10.1 Å². The molecule has 0 radical (unpaired) electrons. The van der Waals surface area contributed by atoms with Gasteiger partial charge in [-0.25, -0.2) is 0 Å². The third-order valence-electron chi connectivity index (χ3n) is 2.81. The van der Waals surface area contributed by atoms with E-state index >= 15 is 0 Å². The van der Waals surface area contributed by atoms with Gasteiger partial charge in [-0.15, -0.1) is 0 Å². The van der Waals surface area contributed by atoms with Crippen LogP contribution in [0.15, 0.2) is 18.3 Å². The molecule has 94 valence electrons. The Morgan fingerprint density at radius 2 is 1.88 bits per heavy atom. The Morgan fingerprint density at radius 3 is 2.47 bits per heavy atom. The maximum absolute atomic E-state index is 10.4. The quantitative estimate of drug-likeness (QED) is 0.391. The molecule has 4 nitrogen and oxygen atoms in total. The minimum Gasteiger partial charge on any atom is -0.258 e. The van der Waals surface area contributed by atoms with Crippen LogP contribution in [0.5, 0.6) is 0 Å². The van der Waals surface area contributed by atoms with Gasteiger partial charge in [-0.2, -0.15) is 0 Å². The molecule has 0 aliphatic rings. The lowest BCUT2D eigenvalue weighted by Crippen LogP contribution is -1.93. The van der Waals surface area contributed by atoms with Crippen molar-refractivity contribution in [1.82, 2.24) is 4.98 Å². The zero-order chi connectivity index (χ0) is 12.5. The molecular formula is C13H20N2O2. The summed E-state index contributed by atoms with van der Waals surface area (Å²) in [6.07, 6.45) is 9.77. The van der Waals surface area contributed by atoms with E-state index in [2.05, 4.69) is 11.9 Å².